The molecule has 0 aromatic heterocycles. The molecule has 3 nitrogen and oxygen atoms in total. The lowest BCUT2D eigenvalue weighted by molar-refractivity contribution is -0.131. The number of nitrogens with zero attached hydrogens (tertiary/aromatic N) is 1. The summed E-state index contributed by atoms with van der Waals surface area (Å²) in [5.41, 5.74) is 8.36. The van der Waals surface area contributed by atoms with Crippen molar-refractivity contribution >= 4 is 5.91 Å². The van der Waals surface area contributed by atoms with E-state index in [2.05, 4.69) is 31.2 Å². The van der Waals surface area contributed by atoms with Crippen LogP contribution >= 0.6 is 0 Å². The Hall–Kier alpha value is -1.35. The van der Waals surface area contributed by atoms with Crippen molar-refractivity contribution in [2.45, 2.75) is 45.1 Å². The first-order valence-corrected chi connectivity index (χ1v) is 7.30. The van der Waals surface area contributed by atoms with E-state index in [1.54, 1.807) is 0 Å². The summed E-state index contributed by atoms with van der Waals surface area (Å²) >= 11 is 0. The highest BCUT2D eigenvalue weighted by Gasteiger charge is 2.20. The van der Waals surface area contributed by atoms with Gasteiger partial charge in [-0.3, -0.25) is 4.79 Å². The number of carbonyl (C=O) groups is 1. The van der Waals surface area contributed by atoms with Gasteiger partial charge in [-0.2, -0.15) is 0 Å². The Bertz CT molecular complexity index is 413. The number of hydrogen-bond acceptors (Lipinski definition) is 2. The van der Waals surface area contributed by atoms with Gasteiger partial charge < -0.3 is 10.6 Å². The molecule has 1 amide bonds. The van der Waals surface area contributed by atoms with Crippen LogP contribution < -0.4 is 5.73 Å². The fourth-order valence-corrected chi connectivity index (χ4v) is 2.64. The molecular formula is C16H24N2O. The maximum absolute atomic E-state index is 12.2. The van der Waals surface area contributed by atoms with E-state index >= 15 is 0 Å². The molecule has 1 unspecified atom stereocenters. The van der Waals surface area contributed by atoms with E-state index in [4.69, 9.17) is 5.73 Å². The summed E-state index contributed by atoms with van der Waals surface area (Å²) in [5, 5.41) is 0. The highest BCUT2D eigenvalue weighted by Crippen LogP contribution is 2.12. The van der Waals surface area contributed by atoms with E-state index in [0.717, 1.165) is 37.8 Å². The van der Waals surface area contributed by atoms with Gasteiger partial charge in [-0.1, -0.05) is 37.6 Å². The van der Waals surface area contributed by atoms with Gasteiger partial charge >= 0.3 is 0 Å². The molecule has 1 aromatic carbocycles. The highest BCUT2D eigenvalue weighted by molar-refractivity contribution is 5.78. The second-order valence-corrected chi connectivity index (χ2v) is 5.49. The average molecular weight is 260 g/mol. The molecule has 2 rings (SSSR count). The van der Waals surface area contributed by atoms with E-state index in [0.29, 0.717) is 13.0 Å². The summed E-state index contributed by atoms with van der Waals surface area (Å²) in [7, 11) is 0. The number of carbonyl (C=O) groups excluding carboxylic acids is 1. The maximum atomic E-state index is 12.2. The maximum Gasteiger partial charge on any atom is 0.227 e. The van der Waals surface area contributed by atoms with Crippen LogP contribution in [0.5, 0.6) is 0 Å². The van der Waals surface area contributed by atoms with Crippen LogP contribution in [0.3, 0.4) is 0 Å². The first-order chi connectivity index (χ1) is 9.19. The third-order valence-corrected chi connectivity index (χ3v) is 3.73. The molecule has 0 saturated carbocycles. The van der Waals surface area contributed by atoms with Crippen molar-refractivity contribution < 1.29 is 4.79 Å². The minimum Gasteiger partial charge on any atom is -0.341 e. The smallest absolute Gasteiger partial charge is 0.227 e. The van der Waals surface area contributed by atoms with Gasteiger partial charge in [0.25, 0.3) is 0 Å². The van der Waals surface area contributed by atoms with Crippen molar-refractivity contribution in [3.05, 3.63) is 35.4 Å². The predicted octanol–water partition coefficient (Wildman–Crippen LogP) is 2.13. The van der Waals surface area contributed by atoms with E-state index in [9.17, 15) is 4.79 Å². The number of aryl methyl sites for hydroxylation is 1. The zero-order valence-corrected chi connectivity index (χ0v) is 11.8. The van der Waals surface area contributed by atoms with Gasteiger partial charge in [0.2, 0.25) is 5.91 Å². The quantitative estimate of drug-likeness (QED) is 0.901. The number of piperidine rings is 1. The molecule has 3 heteroatoms. The van der Waals surface area contributed by atoms with Crippen LogP contribution in [0.4, 0.5) is 0 Å². The number of hydrogen-bond donors (Lipinski definition) is 1. The van der Waals surface area contributed by atoms with Crippen molar-refractivity contribution in [1.82, 2.24) is 4.90 Å². The van der Waals surface area contributed by atoms with Gasteiger partial charge in [-0.25, -0.2) is 0 Å². The zero-order chi connectivity index (χ0) is 13.7. The van der Waals surface area contributed by atoms with Gasteiger partial charge in [-0.15, -0.1) is 0 Å². The van der Waals surface area contributed by atoms with Gasteiger partial charge in [0, 0.05) is 19.1 Å². The summed E-state index contributed by atoms with van der Waals surface area (Å²) in [5.74, 6) is 0.207. The van der Waals surface area contributed by atoms with Crippen LogP contribution in [-0.2, 0) is 17.6 Å². The largest absolute Gasteiger partial charge is 0.341 e. The number of likely N-dealkylation sites (tertiary alicyclic amines) is 1. The highest BCUT2D eigenvalue weighted by atomic mass is 16.2. The summed E-state index contributed by atoms with van der Waals surface area (Å²) in [6, 6.07) is 8.58. The van der Waals surface area contributed by atoms with E-state index in [1.807, 2.05) is 4.90 Å². The third kappa shape index (κ3) is 4.06. The lowest BCUT2D eigenvalue weighted by atomic mass is 10.0. The summed E-state index contributed by atoms with van der Waals surface area (Å²) in [6.45, 7) is 3.75. The van der Waals surface area contributed by atoms with Crippen LogP contribution in [0.25, 0.3) is 0 Å². The topological polar surface area (TPSA) is 46.3 Å². The Morgan fingerprint density at radius 1 is 1.32 bits per heavy atom. The molecule has 0 radical (unpaired) electrons. The Balaban J connectivity index is 1.90. The lowest BCUT2D eigenvalue weighted by Crippen LogP contribution is -2.46. The fraction of sp³-hybridized carbons (Fsp3) is 0.562. The number of amides is 1. The molecule has 104 valence electrons. The van der Waals surface area contributed by atoms with Crippen molar-refractivity contribution in [3.63, 3.8) is 0 Å². The third-order valence-electron chi connectivity index (χ3n) is 3.73. The molecule has 19 heavy (non-hydrogen) atoms. The van der Waals surface area contributed by atoms with Crippen molar-refractivity contribution in [2.75, 3.05) is 13.1 Å². The second-order valence-electron chi connectivity index (χ2n) is 5.49. The minimum atomic E-state index is 0.157. The van der Waals surface area contributed by atoms with E-state index in [-0.39, 0.29) is 11.9 Å². The van der Waals surface area contributed by atoms with Gasteiger partial charge in [-0.05, 0) is 30.4 Å². The van der Waals surface area contributed by atoms with Crippen molar-refractivity contribution in [3.8, 4) is 0 Å². The summed E-state index contributed by atoms with van der Waals surface area (Å²) in [6.07, 6.45) is 4.83. The Morgan fingerprint density at radius 2 is 2.00 bits per heavy atom. The number of benzene rings is 1. The monoisotopic (exact) mass is 260 g/mol. The first kappa shape index (κ1) is 14.1. The Kier molecular flexibility index (Phi) is 4.97. The summed E-state index contributed by atoms with van der Waals surface area (Å²) < 4.78 is 0. The van der Waals surface area contributed by atoms with Crippen molar-refractivity contribution in [2.24, 2.45) is 5.73 Å². The normalized spacial score (nSPS) is 19.5. The standard InChI is InChI=1S/C16H24N2O/c1-2-4-13-6-8-14(9-7-13)11-16(19)18-10-3-5-15(17)12-18/h6-9,15H,2-5,10-12,17H2,1H3. The first-order valence-electron chi connectivity index (χ1n) is 7.30. The molecule has 0 aliphatic carbocycles. The molecular weight excluding hydrogens is 236 g/mol. The molecule has 1 saturated heterocycles. The molecule has 2 N–H and O–H groups in total. The van der Waals surface area contributed by atoms with E-state index < -0.39 is 0 Å². The average Bonchev–Trinajstić information content (AvgIpc) is 2.41. The molecule has 1 aliphatic heterocycles. The van der Waals surface area contributed by atoms with Crippen molar-refractivity contribution in [1.29, 1.82) is 0 Å². The van der Waals surface area contributed by atoms with Gasteiger partial charge in [0.05, 0.1) is 6.42 Å². The Labute approximate surface area is 115 Å². The van der Waals surface area contributed by atoms with Crippen LogP contribution in [-0.4, -0.2) is 29.9 Å². The number of rotatable bonds is 4. The fourth-order valence-electron chi connectivity index (χ4n) is 2.64. The lowest BCUT2D eigenvalue weighted by Gasteiger charge is -2.30. The van der Waals surface area contributed by atoms with Gasteiger partial charge in [0.1, 0.15) is 0 Å². The van der Waals surface area contributed by atoms with Crippen LogP contribution in [0.15, 0.2) is 24.3 Å². The zero-order valence-electron chi connectivity index (χ0n) is 11.8. The number of nitrogens with two attached hydrogens (primary N) is 1. The molecule has 1 atom stereocenters. The Morgan fingerprint density at radius 3 is 2.63 bits per heavy atom. The van der Waals surface area contributed by atoms with Crippen LogP contribution in [0, 0.1) is 0 Å². The van der Waals surface area contributed by atoms with Crippen LogP contribution in [0.2, 0.25) is 0 Å². The van der Waals surface area contributed by atoms with Gasteiger partial charge in [0.15, 0.2) is 0 Å². The molecule has 0 spiro atoms. The second kappa shape index (κ2) is 6.71. The van der Waals surface area contributed by atoms with Crippen LogP contribution in [0.1, 0.15) is 37.3 Å². The molecule has 1 fully saturated rings. The predicted molar refractivity (Wildman–Crippen MR) is 77.9 cm³/mol. The van der Waals surface area contributed by atoms with E-state index in [1.165, 1.54) is 5.56 Å². The summed E-state index contributed by atoms with van der Waals surface area (Å²) in [4.78, 5) is 14.1. The molecule has 0 bridgehead atoms. The SMILES string of the molecule is CCCc1ccc(CC(=O)N2CCCC(N)C2)cc1. The molecule has 1 aromatic rings. The molecule has 1 aliphatic rings. The molecule has 1 heterocycles. The minimum absolute atomic E-state index is 0.157.